The summed E-state index contributed by atoms with van der Waals surface area (Å²) < 4.78 is 0. The summed E-state index contributed by atoms with van der Waals surface area (Å²) in [5, 5.41) is 4.22. The maximum absolute atomic E-state index is 6.49. The van der Waals surface area contributed by atoms with Crippen LogP contribution in [0.2, 0.25) is 5.02 Å². The first-order valence-corrected chi connectivity index (χ1v) is 8.32. The number of nitrogens with zero attached hydrogens (tertiary/aromatic N) is 1. The van der Waals surface area contributed by atoms with Gasteiger partial charge in [0.25, 0.3) is 0 Å². The summed E-state index contributed by atoms with van der Waals surface area (Å²) in [6, 6.07) is 7.12. The molecule has 1 aliphatic carbocycles. The van der Waals surface area contributed by atoms with Crippen molar-refractivity contribution >= 4 is 17.3 Å². The lowest BCUT2D eigenvalue weighted by atomic mass is 10.1. The van der Waals surface area contributed by atoms with Crippen LogP contribution in [0.5, 0.6) is 0 Å². The molecule has 0 bridgehead atoms. The Balaban J connectivity index is 2.06. The van der Waals surface area contributed by atoms with Gasteiger partial charge in [0.1, 0.15) is 0 Å². The van der Waals surface area contributed by atoms with Crippen molar-refractivity contribution < 1.29 is 0 Å². The fourth-order valence-electron chi connectivity index (χ4n) is 3.06. The number of hydrogen-bond acceptors (Lipinski definition) is 2. The second-order valence-electron chi connectivity index (χ2n) is 5.82. The molecule has 20 heavy (non-hydrogen) atoms. The molecular formula is C17H27ClN2. The minimum Gasteiger partial charge on any atom is -0.370 e. The van der Waals surface area contributed by atoms with Crippen LogP contribution in [-0.2, 0) is 6.54 Å². The van der Waals surface area contributed by atoms with Crippen molar-refractivity contribution in [2.75, 3.05) is 18.5 Å². The maximum Gasteiger partial charge on any atom is 0.0642 e. The molecule has 3 heteroatoms. The number of anilines is 1. The van der Waals surface area contributed by atoms with E-state index in [9.17, 15) is 0 Å². The van der Waals surface area contributed by atoms with E-state index in [-0.39, 0.29) is 0 Å². The lowest BCUT2D eigenvalue weighted by Gasteiger charge is -2.30. The van der Waals surface area contributed by atoms with Crippen LogP contribution in [0, 0.1) is 0 Å². The van der Waals surface area contributed by atoms with Crippen molar-refractivity contribution in [3.05, 3.63) is 28.8 Å². The van der Waals surface area contributed by atoms with E-state index in [0.29, 0.717) is 6.04 Å². The van der Waals surface area contributed by atoms with Crippen LogP contribution < -0.4 is 10.2 Å². The zero-order valence-corrected chi connectivity index (χ0v) is 13.5. The number of benzene rings is 1. The zero-order chi connectivity index (χ0) is 14.4. The molecule has 1 aromatic carbocycles. The highest BCUT2D eigenvalue weighted by Gasteiger charge is 2.19. The lowest BCUT2D eigenvalue weighted by Crippen LogP contribution is -2.31. The summed E-state index contributed by atoms with van der Waals surface area (Å²) in [4.78, 5) is 2.39. The van der Waals surface area contributed by atoms with Gasteiger partial charge in [0.15, 0.2) is 0 Å². The molecule has 2 rings (SSSR count). The monoisotopic (exact) mass is 294 g/mol. The molecule has 112 valence electrons. The molecule has 1 aromatic rings. The van der Waals surface area contributed by atoms with Crippen LogP contribution in [0.15, 0.2) is 18.2 Å². The molecular weight excluding hydrogens is 268 g/mol. The van der Waals surface area contributed by atoms with Gasteiger partial charge in [0, 0.05) is 19.6 Å². The summed E-state index contributed by atoms with van der Waals surface area (Å²) in [5.74, 6) is 0. The Labute approximate surface area is 128 Å². The van der Waals surface area contributed by atoms with E-state index in [0.717, 1.165) is 18.1 Å². The van der Waals surface area contributed by atoms with Gasteiger partial charge in [-0.2, -0.15) is 0 Å². The first kappa shape index (κ1) is 15.7. The predicted octanol–water partition coefficient (Wildman–Crippen LogP) is 4.61. The molecule has 0 radical (unpaired) electrons. The van der Waals surface area contributed by atoms with E-state index in [4.69, 9.17) is 11.6 Å². The average Bonchev–Trinajstić information content (AvgIpc) is 2.73. The fraction of sp³-hybridized carbons (Fsp3) is 0.647. The van der Waals surface area contributed by atoms with Crippen molar-refractivity contribution in [2.45, 2.75) is 58.0 Å². The SMILES string of the molecule is CCNCc1ccc(N(C)C2CCCCCC2)c(Cl)c1. The van der Waals surface area contributed by atoms with E-state index in [1.54, 1.807) is 0 Å². The average molecular weight is 295 g/mol. The normalized spacial score (nSPS) is 16.9. The molecule has 1 aliphatic rings. The van der Waals surface area contributed by atoms with Gasteiger partial charge in [0.05, 0.1) is 10.7 Å². The lowest BCUT2D eigenvalue weighted by molar-refractivity contribution is 0.553. The van der Waals surface area contributed by atoms with Crippen molar-refractivity contribution in [2.24, 2.45) is 0 Å². The highest BCUT2D eigenvalue weighted by atomic mass is 35.5. The highest BCUT2D eigenvalue weighted by Crippen LogP contribution is 2.31. The number of halogens is 1. The van der Waals surface area contributed by atoms with Crippen molar-refractivity contribution in [1.82, 2.24) is 5.32 Å². The number of hydrogen-bond donors (Lipinski definition) is 1. The predicted molar refractivity (Wildman–Crippen MR) is 88.7 cm³/mol. The molecule has 0 aliphatic heterocycles. The smallest absolute Gasteiger partial charge is 0.0642 e. The van der Waals surface area contributed by atoms with Crippen LogP contribution in [0.3, 0.4) is 0 Å². The number of nitrogens with one attached hydrogen (secondary N) is 1. The standard InChI is InChI=1S/C17H27ClN2/c1-3-19-13-14-10-11-17(16(18)12-14)20(2)15-8-6-4-5-7-9-15/h10-12,15,19H,3-9,13H2,1-2H3. The Morgan fingerprint density at radius 2 is 1.90 bits per heavy atom. The Morgan fingerprint density at radius 1 is 1.20 bits per heavy atom. The molecule has 0 heterocycles. The summed E-state index contributed by atoms with van der Waals surface area (Å²) in [7, 11) is 2.20. The van der Waals surface area contributed by atoms with Crippen LogP contribution in [0.25, 0.3) is 0 Å². The molecule has 1 fully saturated rings. The first-order valence-electron chi connectivity index (χ1n) is 7.94. The molecule has 0 aromatic heterocycles. The Kier molecular flexibility index (Phi) is 6.18. The minimum atomic E-state index is 0.648. The quantitative estimate of drug-likeness (QED) is 0.798. The second-order valence-corrected chi connectivity index (χ2v) is 6.23. The molecule has 0 saturated heterocycles. The van der Waals surface area contributed by atoms with E-state index in [1.165, 1.54) is 49.8 Å². The van der Waals surface area contributed by atoms with Crippen molar-refractivity contribution in [3.63, 3.8) is 0 Å². The van der Waals surface area contributed by atoms with Crippen LogP contribution >= 0.6 is 11.6 Å². The Hall–Kier alpha value is -0.730. The molecule has 1 N–H and O–H groups in total. The van der Waals surface area contributed by atoms with Gasteiger partial charge in [-0.25, -0.2) is 0 Å². The van der Waals surface area contributed by atoms with Gasteiger partial charge in [-0.1, -0.05) is 50.3 Å². The fourth-order valence-corrected chi connectivity index (χ4v) is 3.39. The molecule has 1 saturated carbocycles. The molecule has 0 unspecified atom stereocenters. The minimum absolute atomic E-state index is 0.648. The zero-order valence-electron chi connectivity index (χ0n) is 12.8. The molecule has 0 atom stereocenters. The highest BCUT2D eigenvalue weighted by molar-refractivity contribution is 6.33. The molecule has 0 spiro atoms. The van der Waals surface area contributed by atoms with Gasteiger partial charge in [-0.3, -0.25) is 0 Å². The van der Waals surface area contributed by atoms with Crippen molar-refractivity contribution in [3.8, 4) is 0 Å². The van der Waals surface area contributed by atoms with Crippen LogP contribution in [0.1, 0.15) is 51.0 Å². The van der Waals surface area contributed by atoms with E-state index in [1.807, 2.05) is 0 Å². The van der Waals surface area contributed by atoms with Gasteiger partial charge in [-0.15, -0.1) is 0 Å². The van der Waals surface area contributed by atoms with Crippen LogP contribution in [-0.4, -0.2) is 19.6 Å². The van der Waals surface area contributed by atoms with E-state index >= 15 is 0 Å². The summed E-state index contributed by atoms with van der Waals surface area (Å²) in [5.41, 5.74) is 2.44. The second kappa shape index (κ2) is 7.90. The van der Waals surface area contributed by atoms with Crippen LogP contribution in [0.4, 0.5) is 5.69 Å². The topological polar surface area (TPSA) is 15.3 Å². The Bertz CT molecular complexity index is 411. The third kappa shape index (κ3) is 4.13. The third-order valence-corrected chi connectivity index (χ3v) is 4.65. The third-order valence-electron chi connectivity index (χ3n) is 4.34. The summed E-state index contributed by atoms with van der Waals surface area (Å²) in [6.07, 6.45) is 8.08. The maximum atomic E-state index is 6.49. The Morgan fingerprint density at radius 3 is 2.50 bits per heavy atom. The van der Waals surface area contributed by atoms with E-state index < -0.39 is 0 Å². The van der Waals surface area contributed by atoms with Gasteiger partial charge in [-0.05, 0) is 37.1 Å². The summed E-state index contributed by atoms with van der Waals surface area (Å²) in [6.45, 7) is 4.00. The van der Waals surface area contributed by atoms with E-state index in [2.05, 4.69) is 42.4 Å². The first-order chi connectivity index (χ1) is 9.72. The number of rotatable bonds is 5. The molecule has 2 nitrogen and oxygen atoms in total. The van der Waals surface area contributed by atoms with Gasteiger partial charge >= 0.3 is 0 Å². The van der Waals surface area contributed by atoms with Crippen molar-refractivity contribution in [1.29, 1.82) is 0 Å². The van der Waals surface area contributed by atoms with Gasteiger partial charge in [0.2, 0.25) is 0 Å². The van der Waals surface area contributed by atoms with Gasteiger partial charge < -0.3 is 10.2 Å². The largest absolute Gasteiger partial charge is 0.370 e. The molecule has 0 amide bonds. The summed E-state index contributed by atoms with van der Waals surface area (Å²) >= 11 is 6.49.